The van der Waals surface area contributed by atoms with Crippen molar-refractivity contribution >= 4 is 22.8 Å². The van der Waals surface area contributed by atoms with Gasteiger partial charge in [-0.2, -0.15) is 4.37 Å². The summed E-state index contributed by atoms with van der Waals surface area (Å²) in [5.74, 6) is 0.771. The Bertz CT molecular complexity index is 469. The van der Waals surface area contributed by atoms with Crippen molar-refractivity contribution < 1.29 is 9.53 Å². The van der Waals surface area contributed by atoms with Crippen LogP contribution in [0, 0.1) is 6.92 Å². The number of nitrogens with one attached hydrogen (secondary N) is 1. The third kappa shape index (κ3) is 4.06. The van der Waals surface area contributed by atoms with E-state index in [-0.39, 0.29) is 12.1 Å². The van der Waals surface area contributed by atoms with Crippen molar-refractivity contribution in [2.75, 3.05) is 18.4 Å². The molecule has 0 aliphatic carbocycles. The van der Waals surface area contributed by atoms with E-state index in [4.69, 9.17) is 4.74 Å². The number of carbonyl (C=O) groups excluding carboxylic acids is 1. The van der Waals surface area contributed by atoms with Crippen molar-refractivity contribution in [2.45, 2.75) is 52.2 Å². The van der Waals surface area contributed by atoms with Crippen molar-refractivity contribution in [2.24, 2.45) is 0 Å². The number of amides is 1. The molecule has 1 aliphatic heterocycles. The van der Waals surface area contributed by atoms with Crippen LogP contribution in [0.25, 0.3) is 0 Å². The van der Waals surface area contributed by atoms with E-state index >= 15 is 0 Å². The van der Waals surface area contributed by atoms with Gasteiger partial charge in [0.1, 0.15) is 11.4 Å². The molecule has 6 nitrogen and oxygen atoms in total. The summed E-state index contributed by atoms with van der Waals surface area (Å²) in [5, 5.41) is 4.05. The highest BCUT2D eigenvalue weighted by Crippen LogP contribution is 2.21. The molecule has 1 unspecified atom stereocenters. The van der Waals surface area contributed by atoms with Gasteiger partial charge < -0.3 is 15.0 Å². The number of aromatic nitrogens is 2. The lowest BCUT2D eigenvalue weighted by atomic mass is 10.2. The first kappa shape index (κ1) is 15.0. The minimum absolute atomic E-state index is 0.161. The Labute approximate surface area is 123 Å². The maximum absolute atomic E-state index is 12.1. The summed E-state index contributed by atoms with van der Waals surface area (Å²) in [7, 11) is 0. The highest BCUT2D eigenvalue weighted by Gasteiger charge is 2.32. The van der Waals surface area contributed by atoms with Crippen molar-refractivity contribution in [1.82, 2.24) is 14.3 Å². The summed E-state index contributed by atoms with van der Waals surface area (Å²) >= 11 is 1.35. The number of rotatable bonds is 3. The average molecular weight is 298 g/mol. The zero-order valence-corrected chi connectivity index (χ0v) is 13.3. The molecule has 0 aromatic carbocycles. The predicted molar refractivity (Wildman–Crippen MR) is 79.1 cm³/mol. The van der Waals surface area contributed by atoms with Gasteiger partial charge in [-0.25, -0.2) is 9.78 Å². The van der Waals surface area contributed by atoms with Gasteiger partial charge in [-0.3, -0.25) is 0 Å². The summed E-state index contributed by atoms with van der Waals surface area (Å²) in [4.78, 5) is 18.2. The Kier molecular flexibility index (Phi) is 4.47. The van der Waals surface area contributed by atoms with Gasteiger partial charge in [-0.1, -0.05) is 0 Å². The zero-order chi connectivity index (χ0) is 14.8. The fourth-order valence-electron chi connectivity index (χ4n) is 2.18. The summed E-state index contributed by atoms with van der Waals surface area (Å²) in [6.07, 6.45) is 1.78. The Morgan fingerprint density at radius 3 is 2.90 bits per heavy atom. The fraction of sp³-hybridized carbons (Fsp3) is 0.769. The lowest BCUT2D eigenvalue weighted by molar-refractivity contribution is 0.0235. The summed E-state index contributed by atoms with van der Waals surface area (Å²) in [5.41, 5.74) is -0.450. The molecular weight excluding hydrogens is 276 g/mol. The molecule has 112 valence electrons. The van der Waals surface area contributed by atoms with Crippen LogP contribution in [0.3, 0.4) is 0 Å². The van der Waals surface area contributed by atoms with Crippen LogP contribution in [-0.4, -0.2) is 45.1 Å². The van der Waals surface area contributed by atoms with Gasteiger partial charge in [0.05, 0.1) is 6.04 Å². The molecule has 0 bridgehead atoms. The number of hydrogen-bond donors (Lipinski definition) is 1. The number of anilines is 1. The molecule has 1 N–H and O–H groups in total. The molecule has 2 heterocycles. The van der Waals surface area contributed by atoms with E-state index in [0.29, 0.717) is 6.54 Å². The molecule has 1 amide bonds. The predicted octanol–water partition coefficient (Wildman–Crippen LogP) is 2.66. The van der Waals surface area contributed by atoms with Crippen LogP contribution < -0.4 is 5.32 Å². The van der Waals surface area contributed by atoms with Crippen molar-refractivity contribution in [3.8, 4) is 0 Å². The average Bonchev–Trinajstić information content (AvgIpc) is 2.92. The second-order valence-corrected chi connectivity index (χ2v) is 6.75. The molecule has 1 atom stereocenters. The molecule has 0 radical (unpaired) electrons. The molecule has 0 saturated carbocycles. The lowest BCUT2D eigenvalue weighted by Crippen LogP contribution is -2.42. The highest BCUT2D eigenvalue weighted by molar-refractivity contribution is 7.09. The van der Waals surface area contributed by atoms with Gasteiger partial charge in [-0.15, -0.1) is 0 Å². The van der Waals surface area contributed by atoms with Gasteiger partial charge in [-0.05, 0) is 40.5 Å². The van der Waals surface area contributed by atoms with Crippen LogP contribution in [0.4, 0.5) is 9.93 Å². The molecule has 20 heavy (non-hydrogen) atoms. The normalized spacial score (nSPS) is 19.2. The van der Waals surface area contributed by atoms with Gasteiger partial charge in [0.2, 0.25) is 5.13 Å². The molecule has 1 fully saturated rings. The Balaban J connectivity index is 1.88. The first-order chi connectivity index (χ1) is 9.35. The molecule has 2 rings (SSSR count). The van der Waals surface area contributed by atoms with E-state index in [1.165, 1.54) is 11.5 Å². The number of nitrogens with zero attached hydrogens (tertiary/aromatic N) is 3. The second kappa shape index (κ2) is 5.95. The number of likely N-dealkylation sites (tertiary alicyclic amines) is 1. The topological polar surface area (TPSA) is 67.4 Å². The molecular formula is C13H22N4O2S. The highest BCUT2D eigenvalue weighted by atomic mass is 32.1. The summed E-state index contributed by atoms with van der Waals surface area (Å²) < 4.78 is 9.57. The molecule has 0 spiro atoms. The SMILES string of the molecule is Cc1nsc(NCC2CCCN2C(=O)OC(C)(C)C)n1. The number of carbonyl (C=O) groups is 1. The van der Waals surface area contributed by atoms with Crippen molar-refractivity contribution in [1.29, 1.82) is 0 Å². The number of aryl methyl sites for hydroxylation is 1. The molecule has 7 heteroatoms. The fourth-order valence-corrected chi connectivity index (χ4v) is 2.76. The first-order valence-corrected chi connectivity index (χ1v) is 7.66. The Hall–Kier alpha value is -1.37. The standard InChI is InChI=1S/C13H22N4O2S/c1-9-15-11(20-16-9)14-8-10-6-5-7-17(10)12(18)19-13(2,3)4/h10H,5-8H2,1-4H3,(H,14,15,16). The monoisotopic (exact) mass is 298 g/mol. The van der Waals surface area contributed by atoms with Crippen molar-refractivity contribution in [3.63, 3.8) is 0 Å². The smallest absolute Gasteiger partial charge is 0.410 e. The van der Waals surface area contributed by atoms with Gasteiger partial charge >= 0.3 is 6.09 Å². The maximum atomic E-state index is 12.1. The van der Waals surface area contributed by atoms with Gasteiger partial charge in [0.25, 0.3) is 0 Å². The summed E-state index contributed by atoms with van der Waals surface area (Å²) in [6.45, 7) is 8.98. The van der Waals surface area contributed by atoms with Crippen LogP contribution in [-0.2, 0) is 4.74 Å². The quantitative estimate of drug-likeness (QED) is 0.929. The molecule has 1 aromatic heterocycles. The van der Waals surface area contributed by atoms with E-state index in [2.05, 4.69) is 14.7 Å². The van der Waals surface area contributed by atoms with E-state index in [1.54, 1.807) is 0 Å². The second-order valence-electron chi connectivity index (χ2n) is 6.00. The first-order valence-electron chi connectivity index (χ1n) is 6.89. The molecule has 1 saturated heterocycles. The lowest BCUT2D eigenvalue weighted by Gasteiger charge is -2.28. The minimum atomic E-state index is -0.450. The van der Waals surface area contributed by atoms with Crippen LogP contribution >= 0.6 is 11.5 Å². The third-order valence-electron chi connectivity index (χ3n) is 3.02. The Morgan fingerprint density at radius 2 is 2.30 bits per heavy atom. The molecule has 1 aromatic rings. The molecule has 1 aliphatic rings. The van der Waals surface area contributed by atoms with Crippen LogP contribution in [0.1, 0.15) is 39.4 Å². The zero-order valence-electron chi connectivity index (χ0n) is 12.5. The largest absolute Gasteiger partial charge is 0.444 e. The van der Waals surface area contributed by atoms with E-state index in [0.717, 1.165) is 30.3 Å². The van der Waals surface area contributed by atoms with Crippen LogP contribution in [0.15, 0.2) is 0 Å². The van der Waals surface area contributed by atoms with Gasteiger partial charge in [0.15, 0.2) is 0 Å². The maximum Gasteiger partial charge on any atom is 0.410 e. The van der Waals surface area contributed by atoms with E-state index < -0.39 is 5.60 Å². The Morgan fingerprint density at radius 1 is 1.55 bits per heavy atom. The van der Waals surface area contributed by atoms with E-state index in [1.807, 2.05) is 32.6 Å². The minimum Gasteiger partial charge on any atom is -0.444 e. The van der Waals surface area contributed by atoms with E-state index in [9.17, 15) is 4.79 Å². The van der Waals surface area contributed by atoms with Gasteiger partial charge in [0, 0.05) is 24.6 Å². The summed E-state index contributed by atoms with van der Waals surface area (Å²) in [6, 6.07) is 0.161. The van der Waals surface area contributed by atoms with Crippen LogP contribution in [0.2, 0.25) is 0 Å². The third-order valence-corrected chi connectivity index (χ3v) is 3.79. The van der Waals surface area contributed by atoms with Crippen LogP contribution in [0.5, 0.6) is 0 Å². The number of ether oxygens (including phenoxy) is 1. The number of hydrogen-bond acceptors (Lipinski definition) is 6. The van der Waals surface area contributed by atoms with Crippen molar-refractivity contribution in [3.05, 3.63) is 5.82 Å².